The van der Waals surface area contributed by atoms with Crippen molar-refractivity contribution < 1.29 is 18.7 Å². The van der Waals surface area contributed by atoms with Gasteiger partial charge in [0.05, 0.1) is 35.2 Å². The molecular formula is C16H15ClFN3O4S. The Kier molecular flexibility index (Phi) is 6.76. The number of methoxy groups -OCH3 is 1. The average Bonchev–Trinajstić information content (AvgIpc) is 2.56. The number of carbonyl (C=O) groups is 2. The van der Waals surface area contributed by atoms with E-state index in [0.29, 0.717) is 0 Å². The van der Waals surface area contributed by atoms with E-state index in [4.69, 9.17) is 11.6 Å². The summed E-state index contributed by atoms with van der Waals surface area (Å²) in [5.74, 6) is -1.46. The summed E-state index contributed by atoms with van der Waals surface area (Å²) in [5.41, 5.74) is 0.0549. The van der Waals surface area contributed by atoms with Crippen LogP contribution in [0.1, 0.15) is 12.6 Å². The normalized spacial score (nSPS) is 11.7. The van der Waals surface area contributed by atoms with Gasteiger partial charge in [0.25, 0.3) is 5.56 Å². The second-order valence-electron chi connectivity index (χ2n) is 5.17. The Morgan fingerprint density at radius 1 is 1.42 bits per heavy atom. The Bertz CT molecular complexity index is 890. The van der Waals surface area contributed by atoms with Crippen LogP contribution in [-0.4, -0.2) is 34.2 Å². The number of aromatic nitrogens is 2. The van der Waals surface area contributed by atoms with Crippen LogP contribution in [0.4, 0.5) is 10.1 Å². The summed E-state index contributed by atoms with van der Waals surface area (Å²) in [6.45, 7) is 1.60. The van der Waals surface area contributed by atoms with Gasteiger partial charge in [0, 0.05) is 6.07 Å². The molecule has 0 fully saturated rings. The molecule has 0 saturated carbocycles. The smallest absolute Gasteiger partial charge is 0.311 e. The van der Waals surface area contributed by atoms with E-state index in [0.717, 1.165) is 17.8 Å². The Labute approximate surface area is 157 Å². The number of aromatic amines is 1. The van der Waals surface area contributed by atoms with Crippen molar-refractivity contribution in [3.8, 4) is 0 Å². The first kappa shape index (κ1) is 19.9. The lowest BCUT2D eigenvalue weighted by Crippen LogP contribution is -2.23. The molecule has 0 aliphatic carbocycles. The van der Waals surface area contributed by atoms with E-state index in [1.54, 1.807) is 6.92 Å². The number of rotatable bonds is 6. The molecule has 0 spiro atoms. The zero-order chi connectivity index (χ0) is 19.3. The molecule has 0 unspecified atom stereocenters. The third-order valence-electron chi connectivity index (χ3n) is 3.17. The molecule has 2 N–H and O–H groups in total. The molecular weight excluding hydrogens is 385 g/mol. The number of halogens is 2. The molecule has 0 aliphatic heterocycles. The van der Waals surface area contributed by atoms with Gasteiger partial charge in [-0.1, -0.05) is 23.4 Å². The highest BCUT2D eigenvalue weighted by Crippen LogP contribution is 2.25. The number of hydrogen-bond acceptors (Lipinski definition) is 6. The van der Waals surface area contributed by atoms with Crippen LogP contribution < -0.4 is 10.9 Å². The molecule has 1 aromatic carbocycles. The van der Waals surface area contributed by atoms with Crippen molar-refractivity contribution in [2.45, 2.75) is 23.8 Å². The van der Waals surface area contributed by atoms with Crippen molar-refractivity contribution >= 4 is 40.9 Å². The lowest BCUT2D eigenvalue weighted by molar-refractivity contribution is -0.139. The van der Waals surface area contributed by atoms with Gasteiger partial charge < -0.3 is 15.0 Å². The molecule has 138 valence electrons. The maximum absolute atomic E-state index is 13.0. The Morgan fingerprint density at radius 3 is 2.81 bits per heavy atom. The largest absolute Gasteiger partial charge is 0.469 e. The molecule has 2 aromatic rings. The highest BCUT2D eigenvalue weighted by atomic mass is 35.5. The first-order chi connectivity index (χ1) is 12.3. The second kappa shape index (κ2) is 8.81. The minimum atomic E-state index is -0.646. The van der Waals surface area contributed by atoms with Gasteiger partial charge in [-0.15, -0.1) is 0 Å². The van der Waals surface area contributed by atoms with E-state index in [1.807, 2.05) is 0 Å². The number of esters is 1. The van der Waals surface area contributed by atoms with Crippen molar-refractivity contribution in [3.05, 3.63) is 51.2 Å². The van der Waals surface area contributed by atoms with Crippen molar-refractivity contribution in [3.63, 3.8) is 0 Å². The number of hydrogen-bond donors (Lipinski definition) is 2. The molecule has 1 amide bonds. The summed E-state index contributed by atoms with van der Waals surface area (Å²) in [6.07, 6.45) is -0.153. The molecule has 1 atom stereocenters. The molecule has 2 rings (SSSR count). The van der Waals surface area contributed by atoms with E-state index in [2.05, 4.69) is 20.0 Å². The fourth-order valence-corrected chi connectivity index (χ4v) is 2.94. The predicted octanol–water partition coefficient (Wildman–Crippen LogP) is 2.40. The van der Waals surface area contributed by atoms with Gasteiger partial charge >= 0.3 is 5.97 Å². The molecule has 0 saturated heterocycles. The van der Waals surface area contributed by atoms with Gasteiger partial charge in [0.2, 0.25) is 5.91 Å². The number of nitrogens with one attached hydrogen (secondary N) is 2. The zero-order valence-corrected chi connectivity index (χ0v) is 15.4. The summed E-state index contributed by atoms with van der Waals surface area (Å²) in [7, 11) is 1.23. The predicted molar refractivity (Wildman–Crippen MR) is 95.9 cm³/mol. The summed E-state index contributed by atoms with van der Waals surface area (Å²) in [6, 6.07) is 4.80. The molecule has 0 bridgehead atoms. The number of thioether (sulfide) groups is 1. The lowest BCUT2D eigenvalue weighted by atomic mass is 10.3. The number of benzene rings is 1. The summed E-state index contributed by atoms with van der Waals surface area (Å²) in [4.78, 5) is 41.9. The molecule has 0 aliphatic rings. The van der Waals surface area contributed by atoms with Crippen LogP contribution in [0.5, 0.6) is 0 Å². The van der Waals surface area contributed by atoms with E-state index in [1.165, 1.54) is 25.3 Å². The van der Waals surface area contributed by atoms with Crippen LogP contribution >= 0.6 is 23.4 Å². The Morgan fingerprint density at radius 2 is 2.15 bits per heavy atom. The van der Waals surface area contributed by atoms with Crippen LogP contribution in [0.3, 0.4) is 0 Å². The Hall–Kier alpha value is -2.39. The Balaban J connectivity index is 2.08. The third kappa shape index (κ3) is 5.57. The van der Waals surface area contributed by atoms with Crippen LogP contribution in [-0.2, 0) is 20.7 Å². The number of H-pyrrole nitrogens is 1. The van der Waals surface area contributed by atoms with E-state index < -0.39 is 28.5 Å². The standard InChI is InChI=1S/C16H15ClFN3O4S/c1-8(15(24)20-12-4-3-9(18)5-11(12)17)26-16-19-10(6-13(22)21-16)7-14(23)25-2/h3-6,8H,7H2,1-2H3,(H,20,24)(H,19,21,22)/t8-/m1/s1. The maximum Gasteiger partial charge on any atom is 0.311 e. The first-order valence-electron chi connectivity index (χ1n) is 7.38. The highest BCUT2D eigenvalue weighted by Gasteiger charge is 2.18. The minimum absolute atomic E-state index is 0.0714. The number of nitrogens with zero attached hydrogens (tertiary/aromatic N) is 1. The van der Waals surface area contributed by atoms with Crippen LogP contribution in [0.15, 0.2) is 34.2 Å². The van der Waals surface area contributed by atoms with Gasteiger partial charge in [-0.2, -0.15) is 0 Å². The highest BCUT2D eigenvalue weighted by molar-refractivity contribution is 8.00. The quantitative estimate of drug-likeness (QED) is 0.439. The number of anilines is 1. The van der Waals surface area contributed by atoms with Gasteiger partial charge in [-0.05, 0) is 25.1 Å². The summed E-state index contributed by atoms with van der Waals surface area (Å²) in [5, 5.41) is 2.19. The van der Waals surface area contributed by atoms with E-state index >= 15 is 0 Å². The molecule has 0 radical (unpaired) electrons. The topological polar surface area (TPSA) is 101 Å². The second-order valence-corrected chi connectivity index (χ2v) is 6.90. The third-order valence-corrected chi connectivity index (χ3v) is 4.47. The van der Waals surface area contributed by atoms with Gasteiger partial charge in [-0.3, -0.25) is 14.4 Å². The SMILES string of the molecule is COC(=O)Cc1cc(=O)[nH]c(S[C@H](C)C(=O)Nc2ccc(F)cc2Cl)n1. The van der Waals surface area contributed by atoms with Gasteiger partial charge in [0.1, 0.15) is 5.82 Å². The summed E-state index contributed by atoms with van der Waals surface area (Å²) < 4.78 is 17.6. The minimum Gasteiger partial charge on any atom is -0.469 e. The van der Waals surface area contributed by atoms with Crippen LogP contribution in [0.2, 0.25) is 5.02 Å². The van der Waals surface area contributed by atoms with Crippen LogP contribution in [0, 0.1) is 5.82 Å². The molecule has 7 nitrogen and oxygen atoms in total. The van der Waals surface area contributed by atoms with Gasteiger partial charge in [-0.25, -0.2) is 9.37 Å². The fourth-order valence-electron chi connectivity index (χ4n) is 1.90. The number of amides is 1. The van der Waals surface area contributed by atoms with Crippen molar-refractivity contribution in [2.24, 2.45) is 0 Å². The average molecular weight is 400 g/mol. The molecule has 10 heteroatoms. The van der Waals surface area contributed by atoms with Crippen LogP contribution in [0.25, 0.3) is 0 Å². The van der Waals surface area contributed by atoms with Crippen molar-refractivity contribution in [2.75, 3.05) is 12.4 Å². The van der Waals surface area contributed by atoms with Crippen molar-refractivity contribution in [1.29, 1.82) is 0 Å². The summed E-state index contributed by atoms with van der Waals surface area (Å²) >= 11 is 6.87. The number of carbonyl (C=O) groups excluding carboxylic acids is 2. The first-order valence-corrected chi connectivity index (χ1v) is 8.64. The number of ether oxygens (including phenoxy) is 1. The van der Waals surface area contributed by atoms with E-state index in [-0.39, 0.29) is 28.0 Å². The molecule has 1 aromatic heterocycles. The zero-order valence-electron chi connectivity index (χ0n) is 13.8. The van der Waals surface area contributed by atoms with E-state index in [9.17, 15) is 18.8 Å². The molecule has 26 heavy (non-hydrogen) atoms. The lowest BCUT2D eigenvalue weighted by Gasteiger charge is -2.12. The molecule has 1 heterocycles. The monoisotopic (exact) mass is 399 g/mol. The maximum atomic E-state index is 13.0. The van der Waals surface area contributed by atoms with Crippen molar-refractivity contribution in [1.82, 2.24) is 9.97 Å². The fraction of sp³-hybridized carbons (Fsp3) is 0.250. The van der Waals surface area contributed by atoms with Gasteiger partial charge in [0.15, 0.2) is 5.16 Å².